The fraction of sp³-hybridized carbons (Fsp3) is 0.308. The van der Waals surface area contributed by atoms with Crippen LogP contribution in [0.5, 0.6) is 5.75 Å². The predicted octanol–water partition coefficient (Wildman–Crippen LogP) is 2.19. The number of aromatic nitrogens is 2. The summed E-state index contributed by atoms with van der Waals surface area (Å²) >= 11 is 0. The first-order valence-corrected chi connectivity index (χ1v) is 5.75. The van der Waals surface area contributed by atoms with Crippen molar-refractivity contribution in [3.63, 3.8) is 0 Å². The Balaban J connectivity index is 2.31. The summed E-state index contributed by atoms with van der Waals surface area (Å²) in [6, 6.07) is 8.02. The first-order valence-electron chi connectivity index (χ1n) is 5.75. The highest BCUT2D eigenvalue weighted by molar-refractivity contribution is 5.64. The topological polar surface area (TPSA) is 49.9 Å². The Morgan fingerprint density at radius 1 is 1.41 bits per heavy atom. The molecule has 0 saturated heterocycles. The van der Waals surface area contributed by atoms with Crippen molar-refractivity contribution in [1.82, 2.24) is 15.5 Å². The third-order valence-electron chi connectivity index (χ3n) is 2.52. The van der Waals surface area contributed by atoms with Gasteiger partial charge in [-0.05, 0) is 26.1 Å². The third kappa shape index (κ3) is 2.65. The molecule has 0 aliphatic heterocycles. The summed E-state index contributed by atoms with van der Waals surface area (Å²) in [7, 11) is 1.92. The Bertz CT molecular complexity index is 479. The van der Waals surface area contributed by atoms with Crippen molar-refractivity contribution in [3.8, 4) is 17.0 Å². The molecule has 2 aromatic rings. The van der Waals surface area contributed by atoms with E-state index in [0.717, 1.165) is 29.1 Å². The van der Waals surface area contributed by atoms with Crippen molar-refractivity contribution >= 4 is 0 Å². The molecule has 0 aliphatic rings. The lowest BCUT2D eigenvalue weighted by atomic mass is 10.1. The van der Waals surface area contributed by atoms with Gasteiger partial charge < -0.3 is 10.1 Å². The molecule has 0 radical (unpaired) electrons. The van der Waals surface area contributed by atoms with Gasteiger partial charge in [0.15, 0.2) is 0 Å². The molecule has 0 aliphatic carbocycles. The number of hydrogen-bond acceptors (Lipinski definition) is 3. The second-order valence-electron chi connectivity index (χ2n) is 3.76. The summed E-state index contributed by atoms with van der Waals surface area (Å²) in [6.07, 6.45) is 1.85. The molecule has 1 aromatic carbocycles. The van der Waals surface area contributed by atoms with E-state index in [9.17, 15) is 0 Å². The molecule has 0 unspecified atom stereocenters. The van der Waals surface area contributed by atoms with Gasteiger partial charge in [-0.1, -0.05) is 12.1 Å². The second kappa shape index (κ2) is 5.50. The van der Waals surface area contributed by atoms with Gasteiger partial charge in [0.05, 0.1) is 18.5 Å². The van der Waals surface area contributed by atoms with Gasteiger partial charge in [0.2, 0.25) is 0 Å². The second-order valence-corrected chi connectivity index (χ2v) is 3.76. The van der Waals surface area contributed by atoms with Crippen LogP contribution >= 0.6 is 0 Å². The zero-order valence-corrected chi connectivity index (χ0v) is 10.2. The normalized spacial score (nSPS) is 10.5. The summed E-state index contributed by atoms with van der Waals surface area (Å²) in [4.78, 5) is 0. The maximum Gasteiger partial charge on any atom is 0.119 e. The lowest BCUT2D eigenvalue weighted by Crippen LogP contribution is -2.05. The number of rotatable bonds is 5. The largest absolute Gasteiger partial charge is 0.494 e. The zero-order valence-electron chi connectivity index (χ0n) is 10.2. The standard InChI is InChI=1S/C13H17N3O/c1-3-17-12-6-4-5-10(7-12)13-11(8-14-2)9-15-16-13/h4-7,9,14H,3,8H2,1-2H3,(H,15,16). The van der Waals surface area contributed by atoms with Crippen LogP contribution in [0.3, 0.4) is 0 Å². The maximum absolute atomic E-state index is 5.49. The Morgan fingerprint density at radius 3 is 3.06 bits per heavy atom. The van der Waals surface area contributed by atoms with Crippen LogP contribution in [0.4, 0.5) is 0 Å². The van der Waals surface area contributed by atoms with E-state index in [4.69, 9.17) is 4.74 Å². The Hall–Kier alpha value is -1.81. The molecule has 0 atom stereocenters. The number of aromatic amines is 1. The quantitative estimate of drug-likeness (QED) is 0.829. The van der Waals surface area contributed by atoms with Crippen molar-refractivity contribution in [1.29, 1.82) is 0 Å². The van der Waals surface area contributed by atoms with Gasteiger partial charge in [0, 0.05) is 17.7 Å². The number of nitrogens with zero attached hydrogens (tertiary/aromatic N) is 1. The van der Waals surface area contributed by atoms with E-state index in [2.05, 4.69) is 21.6 Å². The Morgan fingerprint density at radius 2 is 2.29 bits per heavy atom. The minimum atomic E-state index is 0.676. The fourth-order valence-corrected chi connectivity index (χ4v) is 1.79. The average molecular weight is 231 g/mol. The van der Waals surface area contributed by atoms with Gasteiger partial charge in [-0.2, -0.15) is 5.10 Å². The van der Waals surface area contributed by atoms with Crippen LogP contribution < -0.4 is 10.1 Å². The van der Waals surface area contributed by atoms with E-state index in [-0.39, 0.29) is 0 Å². The molecule has 4 nitrogen and oxygen atoms in total. The van der Waals surface area contributed by atoms with Crippen LogP contribution in [-0.2, 0) is 6.54 Å². The molecule has 1 aromatic heterocycles. The molecule has 1 heterocycles. The van der Waals surface area contributed by atoms with Gasteiger partial charge in [-0.25, -0.2) is 0 Å². The van der Waals surface area contributed by atoms with Crippen molar-refractivity contribution in [2.75, 3.05) is 13.7 Å². The highest BCUT2D eigenvalue weighted by Crippen LogP contribution is 2.24. The first-order chi connectivity index (χ1) is 8.35. The molecule has 0 amide bonds. The molecule has 0 bridgehead atoms. The van der Waals surface area contributed by atoms with Crippen LogP contribution in [0.15, 0.2) is 30.5 Å². The van der Waals surface area contributed by atoms with Gasteiger partial charge in [0.25, 0.3) is 0 Å². The summed E-state index contributed by atoms with van der Waals surface area (Å²) in [5, 5.41) is 10.2. The van der Waals surface area contributed by atoms with Crippen molar-refractivity contribution in [3.05, 3.63) is 36.0 Å². The number of benzene rings is 1. The predicted molar refractivity (Wildman–Crippen MR) is 68.0 cm³/mol. The molecule has 17 heavy (non-hydrogen) atoms. The summed E-state index contributed by atoms with van der Waals surface area (Å²) < 4.78 is 5.49. The number of H-pyrrole nitrogens is 1. The minimum absolute atomic E-state index is 0.676. The van der Waals surface area contributed by atoms with Crippen molar-refractivity contribution < 1.29 is 4.74 Å². The third-order valence-corrected chi connectivity index (χ3v) is 2.52. The van der Waals surface area contributed by atoms with Crippen LogP contribution in [0.2, 0.25) is 0 Å². The summed E-state index contributed by atoms with van der Waals surface area (Å²) in [6.45, 7) is 3.45. The fourth-order valence-electron chi connectivity index (χ4n) is 1.79. The lowest BCUT2D eigenvalue weighted by molar-refractivity contribution is 0.340. The molecule has 4 heteroatoms. The van der Waals surface area contributed by atoms with Crippen LogP contribution in [0.1, 0.15) is 12.5 Å². The van der Waals surface area contributed by atoms with Crippen LogP contribution in [0.25, 0.3) is 11.3 Å². The number of nitrogens with one attached hydrogen (secondary N) is 2. The molecule has 0 saturated carbocycles. The number of hydrogen-bond donors (Lipinski definition) is 2. The zero-order chi connectivity index (χ0) is 12.1. The molecule has 0 fully saturated rings. The van der Waals surface area contributed by atoms with E-state index < -0.39 is 0 Å². The van der Waals surface area contributed by atoms with Crippen LogP contribution in [-0.4, -0.2) is 23.9 Å². The van der Waals surface area contributed by atoms with Crippen molar-refractivity contribution in [2.24, 2.45) is 0 Å². The minimum Gasteiger partial charge on any atom is -0.494 e. The monoisotopic (exact) mass is 231 g/mol. The smallest absolute Gasteiger partial charge is 0.119 e. The molecule has 90 valence electrons. The molecule has 2 rings (SSSR count). The Labute approximate surface area is 101 Å². The van der Waals surface area contributed by atoms with Gasteiger partial charge in [-0.3, -0.25) is 5.10 Å². The number of ether oxygens (including phenoxy) is 1. The van der Waals surface area contributed by atoms with Gasteiger partial charge in [0.1, 0.15) is 5.75 Å². The molecular formula is C13H17N3O. The van der Waals surface area contributed by atoms with Crippen LogP contribution in [0, 0.1) is 0 Å². The van der Waals surface area contributed by atoms with E-state index in [1.807, 2.05) is 38.4 Å². The molecule has 2 N–H and O–H groups in total. The summed E-state index contributed by atoms with van der Waals surface area (Å²) in [5.41, 5.74) is 3.29. The van der Waals surface area contributed by atoms with E-state index in [0.29, 0.717) is 6.61 Å². The maximum atomic E-state index is 5.49. The van der Waals surface area contributed by atoms with E-state index >= 15 is 0 Å². The average Bonchev–Trinajstić information content (AvgIpc) is 2.79. The SMILES string of the molecule is CCOc1cccc(-c2[nH]ncc2CNC)c1. The summed E-state index contributed by atoms with van der Waals surface area (Å²) in [5.74, 6) is 0.884. The van der Waals surface area contributed by atoms with Gasteiger partial charge in [-0.15, -0.1) is 0 Å². The van der Waals surface area contributed by atoms with E-state index in [1.54, 1.807) is 0 Å². The lowest BCUT2D eigenvalue weighted by Gasteiger charge is -2.06. The Kier molecular flexibility index (Phi) is 3.77. The highest BCUT2D eigenvalue weighted by Gasteiger charge is 2.07. The molecular weight excluding hydrogens is 214 g/mol. The molecule has 0 spiro atoms. The first kappa shape index (κ1) is 11.7. The highest BCUT2D eigenvalue weighted by atomic mass is 16.5. The van der Waals surface area contributed by atoms with E-state index in [1.165, 1.54) is 0 Å². The van der Waals surface area contributed by atoms with Crippen molar-refractivity contribution in [2.45, 2.75) is 13.5 Å². The van der Waals surface area contributed by atoms with Gasteiger partial charge >= 0.3 is 0 Å².